The molecule has 0 aliphatic rings. The van der Waals surface area contributed by atoms with Crippen molar-refractivity contribution in [2.75, 3.05) is 0 Å². The molecule has 32 heavy (non-hydrogen) atoms. The van der Waals surface area contributed by atoms with Gasteiger partial charge in [-0.2, -0.15) is 4.67 Å². The van der Waals surface area contributed by atoms with Crippen molar-refractivity contribution in [1.29, 1.82) is 0 Å². The number of hydrogen-bond acceptors (Lipinski definition) is 5. The van der Waals surface area contributed by atoms with Gasteiger partial charge in [0.25, 0.3) is 0 Å². The SMILES string of the molecule is Cc1cc(C)c(C(=O)c2ccc(POOO)c(C(=O)c3c(C)cc(C)cc3C)c2)c(C)c1. The normalized spacial score (nSPS) is 11.3. The van der Waals surface area contributed by atoms with Gasteiger partial charge in [0.1, 0.15) is 0 Å². The van der Waals surface area contributed by atoms with Crippen molar-refractivity contribution in [2.45, 2.75) is 41.5 Å². The highest BCUT2D eigenvalue weighted by Crippen LogP contribution is 2.26. The lowest BCUT2D eigenvalue weighted by molar-refractivity contribution is -0.434. The van der Waals surface area contributed by atoms with Gasteiger partial charge in [-0.15, -0.1) is 0 Å². The van der Waals surface area contributed by atoms with E-state index in [0.717, 1.165) is 33.4 Å². The van der Waals surface area contributed by atoms with Crippen LogP contribution in [0.2, 0.25) is 0 Å². The molecule has 0 spiro atoms. The number of aryl methyl sites for hydroxylation is 6. The fourth-order valence-corrected chi connectivity index (χ4v) is 4.96. The van der Waals surface area contributed by atoms with Crippen LogP contribution in [0.1, 0.15) is 65.2 Å². The molecular weight excluding hydrogens is 423 g/mol. The second-order valence-electron chi connectivity index (χ2n) is 8.23. The second-order valence-corrected chi connectivity index (χ2v) is 9.14. The van der Waals surface area contributed by atoms with Gasteiger partial charge in [0.15, 0.2) is 11.6 Å². The van der Waals surface area contributed by atoms with Crippen LogP contribution in [-0.2, 0) is 9.71 Å². The van der Waals surface area contributed by atoms with Crippen LogP contribution >= 0.6 is 8.81 Å². The van der Waals surface area contributed by atoms with Gasteiger partial charge in [-0.05, 0) is 69.9 Å². The van der Waals surface area contributed by atoms with Crippen molar-refractivity contribution in [1.82, 2.24) is 0 Å². The Kier molecular flexibility index (Phi) is 7.37. The van der Waals surface area contributed by atoms with E-state index in [0.29, 0.717) is 27.6 Å². The summed E-state index contributed by atoms with van der Waals surface area (Å²) in [5, 5.41) is 12.9. The predicted molar refractivity (Wildman–Crippen MR) is 127 cm³/mol. The minimum absolute atomic E-state index is 0.138. The Hall–Kier alpha value is -2.69. The molecule has 0 amide bonds. The smallest absolute Gasteiger partial charge is 0.194 e. The molecule has 0 fully saturated rings. The average molecular weight is 450 g/mol. The van der Waals surface area contributed by atoms with E-state index in [-0.39, 0.29) is 11.6 Å². The third kappa shape index (κ3) is 4.87. The monoisotopic (exact) mass is 450 g/mol. The molecule has 0 aliphatic heterocycles. The second kappa shape index (κ2) is 9.85. The quantitative estimate of drug-likeness (QED) is 0.218. The van der Waals surface area contributed by atoms with Gasteiger partial charge in [-0.25, -0.2) is 5.26 Å². The van der Waals surface area contributed by atoms with E-state index in [1.54, 1.807) is 18.2 Å². The first-order valence-electron chi connectivity index (χ1n) is 10.3. The number of carbonyl (C=O) groups excluding carboxylic acids is 2. The van der Waals surface area contributed by atoms with Crippen molar-refractivity contribution in [3.05, 3.63) is 98.1 Å². The summed E-state index contributed by atoms with van der Waals surface area (Å²) in [4.78, 5) is 27.0. The molecule has 3 aromatic rings. The fraction of sp³-hybridized carbons (Fsp3) is 0.231. The summed E-state index contributed by atoms with van der Waals surface area (Å²) >= 11 is 0. The van der Waals surface area contributed by atoms with E-state index in [1.807, 2.05) is 65.8 Å². The summed E-state index contributed by atoms with van der Waals surface area (Å²) in [5.41, 5.74) is 7.70. The number of rotatable bonds is 7. The van der Waals surface area contributed by atoms with Gasteiger partial charge in [0.05, 0.1) is 8.81 Å². The fourth-order valence-electron chi connectivity index (χ4n) is 4.38. The lowest BCUT2D eigenvalue weighted by Crippen LogP contribution is -2.17. The van der Waals surface area contributed by atoms with Crippen LogP contribution in [-0.4, -0.2) is 16.8 Å². The van der Waals surface area contributed by atoms with Crippen LogP contribution in [0.4, 0.5) is 0 Å². The van der Waals surface area contributed by atoms with Crippen molar-refractivity contribution in [2.24, 2.45) is 0 Å². The molecule has 5 nitrogen and oxygen atoms in total. The summed E-state index contributed by atoms with van der Waals surface area (Å²) in [6.45, 7) is 11.6. The maximum absolute atomic E-state index is 13.6. The molecule has 0 saturated heterocycles. The molecule has 0 radical (unpaired) electrons. The first-order valence-corrected chi connectivity index (χ1v) is 11.2. The zero-order chi connectivity index (χ0) is 23.6. The molecule has 166 valence electrons. The Labute approximate surface area is 190 Å². The molecule has 1 unspecified atom stereocenters. The minimum Gasteiger partial charge on any atom is -0.289 e. The lowest BCUT2D eigenvalue weighted by atomic mass is 9.90. The summed E-state index contributed by atoms with van der Waals surface area (Å²) in [6, 6.07) is 12.9. The van der Waals surface area contributed by atoms with E-state index in [4.69, 9.17) is 9.93 Å². The Morgan fingerprint density at radius 2 is 1.19 bits per heavy atom. The number of carbonyl (C=O) groups is 2. The van der Waals surface area contributed by atoms with Gasteiger partial charge in [-0.1, -0.05) is 52.6 Å². The molecule has 0 bridgehead atoms. The van der Waals surface area contributed by atoms with Crippen molar-refractivity contribution in [3.63, 3.8) is 0 Å². The van der Waals surface area contributed by atoms with E-state index in [9.17, 15) is 9.59 Å². The number of ketones is 2. The first-order chi connectivity index (χ1) is 15.1. The summed E-state index contributed by atoms with van der Waals surface area (Å²) in [6.07, 6.45) is 0. The van der Waals surface area contributed by atoms with Crippen LogP contribution in [0.3, 0.4) is 0 Å². The third-order valence-corrected chi connectivity index (χ3v) is 6.34. The maximum atomic E-state index is 13.6. The van der Waals surface area contributed by atoms with Crippen molar-refractivity contribution < 1.29 is 24.6 Å². The highest BCUT2D eigenvalue weighted by atomic mass is 31.1. The van der Waals surface area contributed by atoms with E-state index < -0.39 is 8.81 Å². The minimum atomic E-state index is -0.422. The number of benzene rings is 3. The highest BCUT2D eigenvalue weighted by Gasteiger charge is 2.22. The van der Waals surface area contributed by atoms with Crippen LogP contribution in [0, 0.1) is 41.5 Å². The van der Waals surface area contributed by atoms with Gasteiger partial charge >= 0.3 is 0 Å². The van der Waals surface area contributed by atoms with Crippen LogP contribution in [0.15, 0.2) is 42.5 Å². The standard InChI is InChI=1S/C26H27O5P/c1-14-9-16(3)23(17(4)10-14)25(27)20-7-8-22(32-31-30-29)21(13-20)26(28)24-18(5)11-15(2)12-19(24)6/h7-13,29,32H,1-6H3. The van der Waals surface area contributed by atoms with Crippen molar-refractivity contribution in [3.8, 4) is 0 Å². The molecule has 3 rings (SSSR count). The Morgan fingerprint density at radius 3 is 1.66 bits per heavy atom. The largest absolute Gasteiger partial charge is 0.289 e. The summed E-state index contributed by atoms with van der Waals surface area (Å²) < 4.78 is 4.71. The van der Waals surface area contributed by atoms with Crippen LogP contribution in [0.25, 0.3) is 0 Å². The van der Waals surface area contributed by atoms with Crippen LogP contribution in [0.5, 0.6) is 0 Å². The molecule has 1 N–H and O–H groups in total. The van der Waals surface area contributed by atoms with E-state index >= 15 is 0 Å². The Morgan fingerprint density at radius 1 is 0.719 bits per heavy atom. The molecular formula is C26H27O5P. The molecule has 0 aromatic heterocycles. The Bertz CT molecular complexity index is 1170. The van der Waals surface area contributed by atoms with Crippen LogP contribution < -0.4 is 5.30 Å². The topological polar surface area (TPSA) is 72.8 Å². The molecule has 0 saturated carbocycles. The molecule has 1 atom stereocenters. The molecule has 3 aromatic carbocycles. The van der Waals surface area contributed by atoms with Gasteiger partial charge in [-0.3, -0.25) is 9.59 Å². The van der Waals surface area contributed by atoms with Gasteiger partial charge < -0.3 is 0 Å². The Balaban J connectivity index is 2.14. The van der Waals surface area contributed by atoms with E-state index in [2.05, 4.69) is 5.04 Å². The summed E-state index contributed by atoms with van der Waals surface area (Å²) in [5.74, 6) is -0.336. The molecule has 0 aliphatic carbocycles. The first kappa shape index (κ1) is 24.0. The molecule has 0 heterocycles. The highest BCUT2D eigenvalue weighted by molar-refractivity contribution is 7.42. The zero-order valence-corrected chi connectivity index (χ0v) is 20.1. The number of hydrogen-bond donors (Lipinski definition) is 1. The predicted octanol–water partition coefficient (Wildman–Crippen LogP) is 5.64. The summed E-state index contributed by atoms with van der Waals surface area (Å²) in [7, 11) is -0.422. The average Bonchev–Trinajstić information content (AvgIpc) is 2.70. The lowest BCUT2D eigenvalue weighted by Gasteiger charge is -2.15. The maximum Gasteiger partial charge on any atom is 0.194 e. The van der Waals surface area contributed by atoms with E-state index in [1.165, 1.54) is 0 Å². The third-order valence-electron chi connectivity index (χ3n) is 5.52. The van der Waals surface area contributed by atoms with Gasteiger partial charge in [0, 0.05) is 27.6 Å². The zero-order valence-electron chi connectivity index (χ0n) is 19.1. The van der Waals surface area contributed by atoms with Gasteiger partial charge in [0.2, 0.25) is 0 Å². The van der Waals surface area contributed by atoms with Crippen molar-refractivity contribution >= 4 is 25.7 Å². The molecule has 6 heteroatoms.